The van der Waals surface area contributed by atoms with Gasteiger partial charge in [-0.1, -0.05) is 26.7 Å². The van der Waals surface area contributed by atoms with Gasteiger partial charge in [0.1, 0.15) is 10.1 Å². The van der Waals surface area contributed by atoms with Crippen molar-refractivity contribution in [2.45, 2.75) is 44.4 Å². The molecule has 0 saturated heterocycles. The molecule has 0 aliphatic carbocycles. The van der Waals surface area contributed by atoms with Gasteiger partial charge in [-0.3, -0.25) is 0 Å². The van der Waals surface area contributed by atoms with E-state index >= 15 is 0 Å². The van der Waals surface area contributed by atoms with Gasteiger partial charge >= 0.3 is 41.5 Å². The van der Waals surface area contributed by atoms with E-state index in [9.17, 15) is 22.6 Å². The third kappa shape index (κ3) is 8.33. The van der Waals surface area contributed by atoms with E-state index < -0.39 is 27.0 Å². The van der Waals surface area contributed by atoms with Crippen molar-refractivity contribution in [1.29, 1.82) is 0 Å². The molecule has 0 radical (unpaired) electrons. The Morgan fingerprint density at radius 2 is 1.32 bits per heavy atom. The summed E-state index contributed by atoms with van der Waals surface area (Å²) < 4.78 is 43.7. The number of hydrogen-bond donors (Lipinski definition) is 0. The Hall–Kier alpha value is -0.930. The minimum Gasteiger partial charge on any atom is -0.744 e. The number of esters is 2. The fourth-order valence-corrected chi connectivity index (χ4v) is 2.31. The molecule has 0 N–H and O–H groups in total. The molecule has 0 atom stereocenters. The van der Waals surface area contributed by atoms with Gasteiger partial charge in [0, 0.05) is 0 Å². The van der Waals surface area contributed by atoms with E-state index in [1.807, 2.05) is 13.8 Å². The van der Waals surface area contributed by atoms with Crippen molar-refractivity contribution in [2.75, 3.05) is 13.2 Å². The van der Waals surface area contributed by atoms with Crippen LogP contribution in [0.15, 0.2) is 23.1 Å². The second-order valence-electron chi connectivity index (χ2n) is 5.18. The average Bonchev–Trinajstić information content (AvgIpc) is 2.53. The Morgan fingerprint density at radius 1 is 0.920 bits per heavy atom. The topological polar surface area (TPSA) is 110 Å². The Bertz CT molecular complexity index is 645. The molecule has 7 nitrogen and oxygen atoms in total. The zero-order valence-electron chi connectivity index (χ0n) is 14.7. The molecular weight excluding hydrogens is 359 g/mol. The zero-order valence-corrected chi connectivity index (χ0v) is 17.6. The minimum absolute atomic E-state index is 0. The molecule has 134 valence electrons. The maximum atomic E-state index is 12.0. The van der Waals surface area contributed by atoms with Gasteiger partial charge in [0.15, 0.2) is 0 Å². The van der Waals surface area contributed by atoms with E-state index in [1.165, 1.54) is 0 Å². The molecule has 0 unspecified atom stereocenters. The van der Waals surface area contributed by atoms with Gasteiger partial charge in [-0.05, 0) is 31.0 Å². The second kappa shape index (κ2) is 11.6. The van der Waals surface area contributed by atoms with Crippen LogP contribution < -0.4 is 29.6 Å². The maximum Gasteiger partial charge on any atom is 1.00 e. The molecule has 1 rings (SSSR count). The molecule has 0 bridgehead atoms. The molecular formula is C16H21NaO7S. The van der Waals surface area contributed by atoms with Gasteiger partial charge in [0.05, 0.1) is 29.2 Å². The first-order valence-corrected chi connectivity index (χ1v) is 9.15. The number of ether oxygens (including phenoxy) is 2. The first-order valence-electron chi connectivity index (χ1n) is 7.74. The van der Waals surface area contributed by atoms with E-state index in [2.05, 4.69) is 0 Å². The molecule has 0 aromatic heterocycles. The molecule has 0 aliphatic rings. The van der Waals surface area contributed by atoms with E-state index in [0.29, 0.717) is 12.8 Å². The van der Waals surface area contributed by atoms with Crippen LogP contribution in [0.2, 0.25) is 0 Å². The van der Waals surface area contributed by atoms with Gasteiger partial charge in [-0.25, -0.2) is 18.0 Å². The summed E-state index contributed by atoms with van der Waals surface area (Å²) in [4.78, 5) is 23.3. The minimum atomic E-state index is -4.83. The predicted octanol–water partition coefficient (Wildman–Crippen LogP) is -0.491. The zero-order chi connectivity index (χ0) is 18.2. The number of carbonyl (C=O) groups excluding carboxylic acids is 2. The van der Waals surface area contributed by atoms with Crippen LogP contribution in [0.1, 0.15) is 60.2 Å². The van der Waals surface area contributed by atoms with Crippen molar-refractivity contribution in [3.05, 3.63) is 29.3 Å². The number of unbranched alkanes of at least 4 members (excludes halogenated alkanes) is 2. The fourth-order valence-electron chi connectivity index (χ4n) is 1.76. The van der Waals surface area contributed by atoms with Crippen molar-refractivity contribution in [1.82, 2.24) is 0 Å². The number of hydrogen-bond acceptors (Lipinski definition) is 7. The third-order valence-electron chi connectivity index (χ3n) is 3.13. The summed E-state index contributed by atoms with van der Waals surface area (Å²) in [6.07, 6.45) is 2.93. The van der Waals surface area contributed by atoms with Gasteiger partial charge in [-0.2, -0.15) is 0 Å². The molecule has 0 heterocycles. The molecule has 0 amide bonds. The Morgan fingerprint density at radius 3 is 1.64 bits per heavy atom. The Balaban J connectivity index is 0.00000576. The van der Waals surface area contributed by atoms with Crippen LogP contribution in [0.25, 0.3) is 0 Å². The quantitative estimate of drug-likeness (QED) is 0.246. The number of carbonyl (C=O) groups is 2. The Labute approximate surface area is 170 Å². The van der Waals surface area contributed by atoms with Gasteiger partial charge in [-0.15, -0.1) is 0 Å². The van der Waals surface area contributed by atoms with Crippen molar-refractivity contribution in [2.24, 2.45) is 0 Å². The summed E-state index contributed by atoms with van der Waals surface area (Å²) in [7, 11) is -4.83. The second-order valence-corrected chi connectivity index (χ2v) is 6.56. The third-order valence-corrected chi connectivity index (χ3v) is 3.94. The van der Waals surface area contributed by atoms with Crippen molar-refractivity contribution in [3.8, 4) is 0 Å². The fraction of sp³-hybridized carbons (Fsp3) is 0.500. The SMILES string of the molecule is CCCCOC(=O)c1cc(C(=O)OCCCC)cc(S(=O)(=O)[O-])c1.[Na+]. The first-order chi connectivity index (χ1) is 11.3. The van der Waals surface area contributed by atoms with Crippen LogP contribution in [-0.2, 0) is 19.6 Å². The van der Waals surface area contributed by atoms with E-state index in [1.54, 1.807) is 0 Å². The smallest absolute Gasteiger partial charge is 0.744 e. The summed E-state index contributed by atoms with van der Waals surface area (Å²) in [6, 6.07) is 2.97. The molecule has 0 aliphatic heterocycles. The molecule has 25 heavy (non-hydrogen) atoms. The molecule has 1 aromatic carbocycles. The van der Waals surface area contributed by atoms with Gasteiger partial charge in [0.25, 0.3) is 0 Å². The molecule has 0 saturated carbocycles. The van der Waals surface area contributed by atoms with E-state index in [0.717, 1.165) is 31.0 Å². The van der Waals surface area contributed by atoms with Crippen LogP contribution in [0.4, 0.5) is 0 Å². The Kier molecular flexibility index (Phi) is 11.2. The summed E-state index contributed by atoms with van der Waals surface area (Å²) in [5.74, 6) is -1.59. The maximum absolute atomic E-state index is 12.0. The van der Waals surface area contributed by atoms with Crippen molar-refractivity contribution in [3.63, 3.8) is 0 Å². The van der Waals surface area contributed by atoms with Crippen LogP contribution in [0.5, 0.6) is 0 Å². The standard InChI is InChI=1S/C16H22O7S.Na/c1-3-5-7-22-15(17)12-9-13(16(18)23-8-6-4-2)11-14(10-12)24(19,20)21;/h9-11H,3-8H2,1-2H3,(H,19,20,21);/q;+1/p-1. The van der Waals surface area contributed by atoms with Crippen LogP contribution in [0.3, 0.4) is 0 Å². The summed E-state index contributed by atoms with van der Waals surface area (Å²) >= 11 is 0. The van der Waals surface area contributed by atoms with Crippen LogP contribution in [-0.4, -0.2) is 38.1 Å². The van der Waals surface area contributed by atoms with E-state index in [-0.39, 0.29) is 53.9 Å². The van der Waals surface area contributed by atoms with E-state index in [4.69, 9.17) is 9.47 Å². The van der Waals surface area contributed by atoms with Crippen LogP contribution >= 0.6 is 0 Å². The monoisotopic (exact) mass is 380 g/mol. The summed E-state index contributed by atoms with van der Waals surface area (Å²) in [6.45, 7) is 4.17. The average molecular weight is 380 g/mol. The van der Waals surface area contributed by atoms with Gasteiger partial charge < -0.3 is 14.0 Å². The van der Waals surface area contributed by atoms with Crippen molar-refractivity contribution >= 4 is 22.1 Å². The molecule has 0 fully saturated rings. The molecule has 0 spiro atoms. The molecule has 9 heteroatoms. The predicted molar refractivity (Wildman–Crippen MR) is 84.8 cm³/mol. The number of benzene rings is 1. The van der Waals surface area contributed by atoms with Gasteiger partial charge in [0.2, 0.25) is 0 Å². The van der Waals surface area contributed by atoms with Crippen molar-refractivity contribution < 1.29 is 61.6 Å². The first kappa shape index (κ1) is 24.1. The molecule has 1 aromatic rings. The summed E-state index contributed by atoms with van der Waals surface area (Å²) in [5, 5.41) is 0. The van der Waals surface area contributed by atoms with Crippen LogP contribution in [0, 0.1) is 0 Å². The number of rotatable bonds is 9. The normalized spacial score (nSPS) is 10.7. The summed E-state index contributed by atoms with van der Waals surface area (Å²) in [5.41, 5.74) is -0.351. The largest absolute Gasteiger partial charge is 1.00 e.